The quantitative estimate of drug-likeness (QED) is 0.716. The van der Waals surface area contributed by atoms with E-state index in [-0.39, 0.29) is 30.4 Å². The summed E-state index contributed by atoms with van der Waals surface area (Å²) in [6.07, 6.45) is 1.40. The third kappa shape index (κ3) is 2.68. The fourth-order valence-corrected chi connectivity index (χ4v) is 3.87. The summed E-state index contributed by atoms with van der Waals surface area (Å²) in [5, 5.41) is 3.23. The van der Waals surface area contributed by atoms with Gasteiger partial charge in [-0.25, -0.2) is 4.98 Å². The Labute approximate surface area is 152 Å². The molecule has 1 aliphatic rings. The maximum atomic E-state index is 12.7. The lowest BCUT2D eigenvalue weighted by Crippen LogP contribution is -2.26. The van der Waals surface area contributed by atoms with Crippen molar-refractivity contribution in [2.75, 3.05) is 11.9 Å². The molecule has 1 aliphatic heterocycles. The van der Waals surface area contributed by atoms with Crippen LogP contribution in [0.15, 0.2) is 29.3 Å². The van der Waals surface area contributed by atoms with Gasteiger partial charge in [0, 0.05) is 10.4 Å². The molecule has 1 N–H and O–H groups in total. The van der Waals surface area contributed by atoms with Gasteiger partial charge < -0.3 is 10.1 Å². The highest BCUT2D eigenvalue weighted by Crippen LogP contribution is 2.29. The molecule has 0 bridgehead atoms. The van der Waals surface area contributed by atoms with Gasteiger partial charge in [0.25, 0.3) is 11.5 Å². The molecule has 1 amide bonds. The molecule has 0 spiro atoms. The first kappa shape index (κ1) is 16.5. The van der Waals surface area contributed by atoms with Crippen LogP contribution in [0.4, 0.5) is 5.69 Å². The van der Waals surface area contributed by atoms with E-state index in [1.165, 1.54) is 22.2 Å². The van der Waals surface area contributed by atoms with Crippen molar-refractivity contribution in [3.63, 3.8) is 0 Å². The third-order valence-corrected chi connectivity index (χ3v) is 5.52. The highest BCUT2D eigenvalue weighted by Gasteiger charge is 2.19. The fourth-order valence-electron chi connectivity index (χ4n) is 2.89. The molecule has 0 radical (unpaired) electrons. The number of hydrogen-bond acceptors (Lipinski definition) is 6. The van der Waals surface area contributed by atoms with Crippen LogP contribution in [-0.4, -0.2) is 27.8 Å². The van der Waals surface area contributed by atoms with Crippen molar-refractivity contribution in [3.05, 3.63) is 50.9 Å². The number of aryl methyl sites for hydroxylation is 2. The SMILES string of the molecule is Cc1sc2ncn(CC(=O)c3ccc4c(c3)NC(=O)CO4)c(=O)c2c1C. The normalized spacial score (nSPS) is 13.2. The molecule has 7 nitrogen and oxygen atoms in total. The fraction of sp³-hybridized carbons (Fsp3) is 0.222. The smallest absolute Gasteiger partial charge is 0.262 e. The number of carbonyl (C=O) groups is 2. The summed E-state index contributed by atoms with van der Waals surface area (Å²) < 4.78 is 6.60. The minimum absolute atomic E-state index is 0.0409. The molecule has 3 heterocycles. The van der Waals surface area contributed by atoms with Crippen LogP contribution in [0.3, 0.4) is 0 Å². The first-order valence-electron chi connectivity index (χ1n) is 7.99. The van der Waals surface area contributed by atoms with Crippen LogP contribution in [0.5, 0.6) is 5.75 Å². The van der Waals surface area contributed by atoms with Crippen LogP contribution >= 0.6 is 11.3 Å². The summed E-state index contributed by atoms with van der Waals surface area (Å²) in [5.41, 5.74) is 1.52. The van der Waals surface area contributed by atoms with Crippen molar-refractivity contribution in [1.82, 2.24) is 9.55 Å². The summed E-state index contributed by atoms with van der Waals surface area (Å²) in [6.45, 7) is 3.67. The van der Waals surface area contributed by atoms with E-state index in [2.05, 4.69) is 10.3 Å². The lowest BCUT2D eigenvalue weighted by atomic mass is 10.1. The molecule has 0 fully saturated rings. The van der Waals surface area contributed by atoms with Gasteiger partial charge in [-0.05, 0) is 37.6 Å². The van der Waals surface area contributed by atoms with E-state index in [1.807, 2.05) is 13.8 Å². The Kier molecular flexibility index (Phi) is 3.84. The van der Waals surface area contributed by atoms with Crippen LogP contribution in [-0.2, 0) is 11.3 Å². The summed E-state index contributed by atoms with van der Waals surface area (Å²) in [5.74, 6) is 0.00234. The Morgan fingerprint density at radius 1 is 1.35 bits per heavy atom. The van der Waals surface area contributed by atoms with Crippen molar-refractivity contribution < 1.29 is 14.3 Å². The van der Waals surface area contributed by atoms with Crippen LogP contribution in [0.25, 0.3) is 10.2 Å². The van der Waals surface area contributed by atoms with Gasteiger partial charge >= 0.3 is 0 Å². The van der Waals surface area contributed by atoms with Gasteiger partial charge in [0.1, 0.15) is 10.6 Å². The number of anilines is 1. The second-order valence-electron chi connectivity index (χ2n) is 6.11. The van der Waals surface area contributed by atoms with Gasteiger partial charge in [0.2, 0.25) is 0 Å². The lowest BCUT2D eigenvalue weighted by Gasteiger charge is -2.18. The Morgan fingerprint density at radius 2 is 2.15 bits per heavy atom. The number of amides is 1. The number of hydrogen-bond donors (Lipinski definition) is 1. The minimum Gasteiger partial charge on any atom is -0.482 e. The van der Waals surface area contributed by atoms with Crippen molar-refractivity contribution in [2.24, 2.45) is 0 Å². The minimum atomic E-state index is -0.267. The van der Waals surface area contributed by atoms with Crippen molar-refractivity contribution in [2.45, 2.75) is 20.4 Å². The first-order valence-corrected chi connectivity index (χ1v) is 8.80. The third-order valence-electron chi connectivity index (χ3n) is 4.40. The number of ketones is 1. The Morgan fingerprint density at radius 3 is 2.96 bits per heavy atom. The zero-order valence-electron chi connectivity index (χ0n) is 14.2. The van der Waals surface area contributed by atoms with Crippen molar-refractivity contribution in [1.29, 1.82) is 0 Å². The highest BCUT2D eigenvalue weighted by molar-refractivity contribution is 7.18. The molecular formula is C18H15N3O4S. The number of fused-ring (bicyclic) bond motifs is 2. The number of carbonyl (C=O) groups excluding carboxylic acids is 2. The number of thiophene rings is 1. The molecule has 1 aromatic carbocycles. The van der Waals surface area contributed by atoms with Gasteiger partial charge in [-0.3, -0.25) is 19.0 Å². The van der Waals surface area contributed by atoms with Gasteiger partial charge in [0.15, 0.2) is 12.4 Å². The summed E-state index contributed by atoms with van der Waals surface area (Å²) >= 11 is 1.47. The second-order valence-corrected chi connectivity index (χ2v) is 7.32. The number of nitrogens with one attached hydrogen (secondary N) is 1. The molecule has 0 aliphatic carbocycles. The van der Waals surface area contributed by atoms with E-state index in [1.54, 1.807) is 18.2 Å². The molecule has 26 heavy (non-hydrogen) atoms. The number of aromatic nitrogens is 2. The van der Waals surface area contributed by atoms with Crippen LogP contribution in [0.2, 0.25) is 0 Å². The average molecular weight is 369 g/mol. The molecule has 0 saturated carbocycles. The first-order chi connectivity index (χ1) is 12.4. The largest absolute Gasteiger partial charge is 0.482 e. The van der Waals surface area contributed by atoms with E-state index >= 15 is 0 Å². The number of benzene rings is 1. The maximum absolute atomic E-state index is 12.7. The summed E-state index contributed by atoms with van der Waals surface area (Å²) in [4.78, 5) is 42.8. The van der Waals surface area contributed by atoms with E-state index in [4.69, 9.17) is 4.74 Å². The number of nitrogens with zero attached hydrogens (tertiary/aromatic N) is 2. The van der Waals surface area contributed by atoms with Gasteiger partial charge in [-0.2, -0.15) is 0 Å². The molecule has 8 heteroatoms. The van der Waals surface area contributed by atoms with Crippen LogP contribution in [0.1, 0.15) is 20.8 Å². The van der Waals surface area contributed by atoms with Gasteiger partial charge in [-0.15, -0.1) is 11.3 Å². The number of rotatable bonds is 3. The number of ether oxygens (including phenoxy) is 1. The van der Waals surface area contributed by atoms with Crippen molar-refractivity contribution >= 4 is 38.9 Å². The van der Waals surface area contributed by atoms with Crippen molar-refractivity contribution in [3.8, 4) is 5.75 Å². The molecule has 132 valence electrons. The molecule has 0 atom stereocenters. The zero-order valence-corrected chi connectivity index (χ0v) is 15.0. The summed E-state index contributed by atoms with van der Waals surface area (Å²) in [6, 6.07) is 4.82. The highest BCUT2D eigenvalue weighted by atomic mass is 32.1. The predicted octanol–water partition coefficient (Wildman–Crippen LogP) is 2.29. The van der Waals surface area contributed by atoms with Gasteiger partial charge in [0.05, 0.1) is 23.9 Å². The molecule has 4 rings (SSSR count). The monoisotopic (exact) mass is 369 g/mol. The molecule has 0 saturated heterocycles. The molecule has 3 aromatic rings. The molecular weight excluding hydrogens is 354 g/mol. The van der Waals surface area contributed by atoms with Crippen LogP contribution in [0, 0.1) is 13.8 Å². The van der Waals surface area contributed by atoms with E-state index < -0.39 is 0 Å². The van der Waals surface area contributed by atoms with Crippen LogP contribution < -0.4 is 15.6 Å². The maximum Gasteiger partial charge on any atom is 0.262 e. The summed E-state index contributed by atoms with van der Waals surface area (Å²) in [7, 11) is 0. The van der Waals surface area contributed by atoms with E-state index in [0.717, 1.165) is 10.4 Å². The average Bonchev–Trinajstić information content (AvgIpc) is 2.91. The standard InChI is InChI=1S/C18H15N3O4S/c1-9-10(2)26-17-16(9)18(24)21(8-19-17)6-13(22)11-3-4-14-12(5-11)20-15(23)7-25-14/h3-5,8H,6-7H2,1-2H3,(H,20,23). The number of Topliss-reactive ketones (excluding diaryl/α,β-unsaturated/α-hetero) is 1. The zero-order chi connectivity index (χ0) is 18.4. The Bertz CT molecular complexity index is 1130. The van der Waals surface area contributed by atoms with E-state index in [9.17, 15) is 14.4 Å². The topological polar surface area (TPSA) is 90.3 Å². The van der Waals surface area contributed by atoms with Gasteiger partial charge in [-0.1, -0.05) is 0 Å². The predicted molar refractivity (Wildman–Crippen MR) is 98.3 cm³/mol. The van der Waals surface area contributed by atoms with E-state index in [0.29, 0.717) is 27.2 Å². The Hall–Kier alpha value is -3.00. The molecule has 0 unspecified atom stereocenters. The lowest BCUT2D eigenvalue weighted by molar-refractivity contribution is -0.118. The molecule has 2 aromatic heterocycles. The second kappa shape index (κ2) is 6.06. The Balaban J connectivity index is 1.67.